The molecule has 0 bridgehead atoms. The van der Waals surface area contributed by atoms with Crippen LogP contribution in [0.2, 0.25) is 0 Å². The van der Waals surface area contributed by atoms with Crippen LogP contribution >= 0.6 is 31.9 Å². The van der Waals surface area contributed by atoms with Gasteiger partial charge < -0.3 is 9.84 Å². The van der Waals surface area contributed by atoms with Gasteiger partial charge in [-0.1, -0.05) is 15.9 Å². The maximum atomic E-state index is 11.0. The van der Waals surface area contributed by atoms with Gasteiger partial charge in [0.2, 0.25) is 5.75 Å². The Hall–Kier alpha value is -1.93. The van der Waals surface area contributed by atoms with Crippen molar-refractivity contribution in [1.29, 1.82) is 0 Å². The Bertz CT molecular complexity index is 732. The largest absolute Gasteiger partial charge is 0.478 e. The second kappa shape index (κ2) is 6.23. The molecule has 0 saturated heterocycles. The Labute approximate surface area is 135 Å². The van der Waals surface area contributed by atoms with Gasteiger partial charge in [0, 0.05) is 16.6 Å². The topological polar surface area (TPSA) is 89.7 Å². The molecule has 0 fully saturated rings. The van der Waals surface area contributed by atoms with Gasteiger partial charge in [0.05, 0.1) is 15.0 Å². The average molecular weight is 417 g/mol. The molecule has 0 aliphatic carbocycles. The van der Waals surface area contributed by atoms with E-state index in [9.17, 15) is 14.9 Å². The lowest BCUT2D eigenvalue weighted by molar-refractivity contribution is -0.385. The van der Waals surface area contributed by atoms with Gasteiger partial charge in [-0.05, 0) is 40.2 Å². The van der Waals surface area contributed by atoms with E-state index in [-0.39, 0.29) is 22.7 Å². The van der Waals surface area contributed by atoms with E-state index in [0.717, 1.165) is 0 Å². The van der Waals surface area contributed by atoms with Crippen molar-refractivity contribution in [2.75, 3.05) is 0 Å². The van der Waals surface area contributed by atoms with Gasteiger partial charge in [0.15, 0.2) is 0 Å². The fraction of sp³-hybridized carbons (Fsp3) is 0. The number of aromatic carboxylic acids is 1. The van der Waals surface area contributed by atoms with Crippen molar-refractivity contribution >= 4 is 43.5 Å². The fourth-order valence-electron chi connectivity index (χ4n) is 1.55. The second-order valence-electron chi connectivity index (χ2n) is 3.92. The summed E-state index contributed by atoms with van der Waals surface area (Å²) in [5, 5.41) is 20.0. The first-order valence-electron chi connectivity index (χ1n) is 5.53. The Kier molecular flexibility index (Phi) is 4.59. The molecule has 0 aliphatic rings. The van der Waals surface area contributed by atoms with Gasteiger partial charge in [-0.25, -0.2) is 4.79 Å². The van der Waals surface area contributed by atoms with Crippen LogP contribution in [0.3, 0.4) is 0 Å². The van der Waals surface area contributed by atoms with E-state index in [1.807, 2.05) is 0 Å². The molecule has 108 valence electrons. The molecule has 2 aromatic carbocycles. The number of carboxylic acid groups (broad SMARTS) is 1. The van der Waals surface area contributed by atoms with Gasteiger partial charge in [-0.3, -0.25) is 10.1 Å². The third kappa shape index (κ3) is 3.59. The zero-order valence-corrected chi connectivity index (χ0v) is 13.4. The van der Waals surface area contributed by atoms with Gasteiger partial charge in [-0.15, -0.1) is 0 Å². The number of carbonyl (C=O) groups is 1. The monoisotopic (exact) mass is 415 g/mol. The first kappa shape index (κ1) is 15.5. The summed E-state index contributed by atoms with van der Waals surface area (Å²) in [5.74, 6) is -0.926. The Morgan fingerprint density at radius 2 is 1.86 bits per heavy atom. The molecule has 6 nitrogen and oxygen atoms in total. The van der Waals surface area contributed by atoms with E-state index in [2.05, 4.69) is 31.9 Å². The second-order valence-corrected chi connectivity index (χ2v) is 5.69. The minimum atomic E-state index is -1.11. The number of hydrogen-bond acceptors (Lipinski definition) is 4. The number of nitro groups is 1. The Morgan fingerprint density at radius 3 is 2.48 bits per heavy atom. The SMILES string of the molecule is O=C(O)c1ccc(Br)c(Oc2cc(Br)ccc2[N+](=O)[O-])c1. The van der Waals surface area contributed by atoms with Crippen molar-refractivity contribution in [3.63, 3.8) is 0 Å². The molecular formula is C13H7Br2NO5. The van der Waals surface area contributed by atoms with Crippen molar-refractivity contribution in [3.8, 4) is 11.5 Å². The summed E-state index contributed by atoms with van der Waals surface area (Å²) >= 11 is 6.42. The van der Waals surface area contributed by atoms with Gasteiger partial charge in [0.1, 0.15) is 5.75 Å². The molecular weight excluding hydrogens is 410 g/mol. The van der Waals surface area contributed by atoms with Gasteiger partial charge >= 0.3 is 11.7 Å². The molecule has 0 aliphatic heterocycles. The Morgan fingerprint density at radius 1 is 1.14 bits per heavy atom. The number of nitrogens with zero attached hydrogens (tertiary/aromatic N) is 1. The van der Waals surface area contributed by atoms with E-state index in [4.69, 9.17) is 9.84 Å². The molecule has 0 aromatic heterocycles. The van der Waals surface area contributed by atoms with Crippen LogP contribution in [0.4, 0.5) is 5.69 Å². The number of carboxylic acids is 1. The summed E-state index contributed by atoms with van der Waals surface area (Å²) in [6.45, 7) is 0. The minimum absolute atomic E-state index is 0.0117. The lowest BCUT2D eigenvalue weighted by Gasteiger charge is -2.09. The van der Waals surface area contributed by atoms with Crippen molar-refractivity contribution in [1.82, 2.24) is 0 Å². The molecule has 0 saturated carbocycles. The molecule has 8 heteroatoms. The highest BCUT2D eigenvalue weighted by molar-refractivity contribution is 9.10. The summed E-state index contributed by atoms with van der Waals surface area (Å²) in [4.78, 5) is 21.4. The van der Waals surface area contributed by atoms with Crippen LogP contribution in [0.1, 0.15) is 10.4 Å². The molecule has 0 radical (unpaired) electrons. The number of benzene rings is 2. The standard InChI is InChI=1S/C13H7Br2NO5/c14-8-2-4-10(16(19)20)12(6-8)21-11-5-7(13(17)18)1-3-9(11)15/h1-6H,(H,17,18). The maximum Gasteiger partial charge on any atom is 0.335 e. The summed E-state index contributed by atoms with van der Waals surface area (Å²) in [5.41, 5.74) is -0.198. The first-order chi connectivity index (χ1) is 9.88. The molecule has 2 rings (SSSR count). The zero-order valence-electron chi connectivity index (χ0n) is 10.2. The minimum Gasteiger partial charge on any atom is -0.478 e. The quantitative estimate of drug-likeness (QED) is 0.580. The van der Waals surface area contributed by atoms with E-state index >= 15 is 0 Å². The van der Waals surface area contributed by atoms with Crippen LogP contribution in [0, 0.1) is 10.1 Å². The highest BCUT2D eigenvalue weighted by Crippen LogP contribution is 2.37. The predicted molar refractivity (Wildman–Crippen MR) is 82.0 cm³/mol. The highest BCUT2D eigenvalue weighted by Gasteiger charge is 2.18. The van der Waals surface area contributed by atoms with E-state index < -0.39 is 10.9 Å². The molecule has 21 heavy (non-hydrogen) atoms. The number of halogens is 2. The van der Waals surface area contributed by atoms with Crippen LogP contribution in [-0.4, -0.2) is 16.0 Å². The lowest BCUT2D eigenvalue weighted by Crippen LogP contribution is -1.98. The van der Waals surface area contributed by atoms with Crippen molar-refractivity contribution in [2.45, 2.75) is 0 Å². The van der Waals surface area contributed by atoms with Gasteiger partial charge in [0.25, 0.3) is 0 Å². The van der Waals surface area contributed by atoms with Gasteiger partial charge in [-0.2, -0.15) is 0 Å². The number of hydrogen-bond donors (Lipinski definition) is 1. The first-order valence-corrected chi connectivity index (χ1v) is 7.11. The third-order valence-electron chi connectivity index (χ3n) is 2.52. The summed E-state index contributed by atoms with van der Waals surface area (Å²) in [6.07, 6.45) is 0. The van der Waals surface area contributed by atoms with Crippen LogP contribution in [0.5, 0.6) is 11.5 Å². The molecule has 0 heterocycles. The molecule has 2 aromatic rings. The zero-order chi connectivity index (χ0) is 15.6. The smallest absolute Gasteiger partial charge is 0.335 e. The normalized spacial score (nSPS) is 10.2. The Balaban J connectivity index is 2.47. The molecule has 0 atom stereocenters. The van der Waals surface area contributed by atoms with E-state index in [1.54, 1.807) is 0 Å². The van der Waals surface area contributed by atoms with Crippen molar-refractivity contribution < 1.29 is 19.6 Å². The van der Waals surface area contributed by atoms with Crippen molar-refractivity contribution in [2.24, 2.45) is 0 Å². The summed E-state index contributed by atoms with van der Waals surface area (Å²) < 4.78 is 6.58. The number of ether oxygens (including phenoxy) is 1. The van der Waals surface area contributed by atoms with Crippen molar-refractivity contribution in [3.05, 3.63) is 61.0 Å². The summed E-state index contributed by atoms with van der Waals surface area (Å²) in [7, 11) is 0. The van der Waals surface area contributed by atoms with Crippen LogP contribution in [0.25, 0.3) is 0 Å². The van der Waals surface area contributed by atoms with Crippen LogP contribution in [0.15, 0.2) is 45.3 Å². The van der Waals surface area contributed by atoms with E-state index in [0.29, 0.717) is 8.95 Å². The molecule has 0 amide bonds. The van der Waals surface area contributed by atoms with Crippen LogP contribution < -0.4 is 4.74 Å². The van der Waals surface area contributed by atoms with E-state index in [1.165, 1.54) is 36.4 Å². The average Bonchev–Trinajstić information content (AvgIpc) is 2.40. The number of rotatable bonds is 4. The fourth-order valence-corrected chi connectivity index (χ4v) is 2.22. The lowest BCUT2D eigenvalue weighted by atomic mass is 10.2. The molecule has 0 unspecified atom stereocenters. The summed E-state index contributed by atoms with van der Waals surface area (Å²) in [6, 6.07) is 8.45. The highest BCUT2D eigenvalue weighted by atomic mass is 79.9. The molecule has 1 N–H and O–H groups in total. The molecule has 0 spiro atoms. The predicted octanol–water partition coefficient (Wildman–Crippen LogP) is 4.61. The maximum absolute atomic E-state index is 11.0. The third-order valence-corrected chi connectivity index (χ3v) is 3.66. The van der Waals surface area contributed by atoms with Crippen LogP contribution in [-0.2, 0) is 0 Å². The number of nitro benzene ring substituents is 1.